The lowest BCUT2D eigenvalue weighted by Crippen LogP contribution is -2.15. The minimum Gasteiger partial charge on any atom is -0.398 e. The molecular formula is C11H7Cl2FN4O. The van der Waals surface area contributed by atoms with Crippen LogP contribution >= 0.6 is 23.2 Å². The Bertz CT molecular complexity index is 630. The highest BCUT2D eigenvalue weighted by Gasteiger charge is 2.15. The van der Waals surface area contributed by atoms with Crippen LogP contribution in [0.3, 0.4) is 0 Å². The van der Waals surface area contributed by atoms with Gasteiger partial charge in [0, 0.05) is 5.69 Å². The summed E-state index contributed by atoms with van der Waals surface area (Å²) in [6.07, 6.45) is 1.15. The fourth-order valence-electron chi connectivity index (χ4n) is 1.35. The average Bonchev–Trinajstić information content (AvgIpc) is 2.37. The van der Waals surface area contributed by atoms with Crippen molar-refractivity contribution in [3.8, 4) is 0 Å². The highest BCUT2D eigenvalue weighted by Crippen LogP contribution is 2.26. The van der Waals surface area contributed by atoms with Crippen LogP contribution in [-0.2, 0) is 0 Å². The summed E-state index contributed by atoms with van der Waals surface area (Å²) in [6.45, 7) is 0. The first-order valence-electron chi connectivity index (χ1n) is 5.01. The molecule has 0 aliphatic carbocycles. The smallest absolute Gasteiger partial charge is 0.258 e. The maximum atomic E-state index is 13.1. The molecule has 2 aromatic rings. The first-order chi connectivity index (χ1) is 8.99. The number of carbonyl (C=O) groups excluding carboxylic acids is 1. The first-order valence-corrected chi connectivity index (χ1v) is 5.77. The van der Waals surface area contributed by atoms with E-state index in [2.05, 4.69) is 15.3 Å². The molecule has 0 aliphatic rings. The summed E-state index contributed by atoms with van der Waals surface area (Å²) in [5.41, 5.74) is 5.73. The number of anilines is 2. The molecule has 0 unspecified atom stereocenters. The lowest BCUT2D eigenvalue weighted by Gasteiger charge is -2.09. The van der Waals surface area contributed by atoms with E-state index >= 15 is 0 Å². The lowest BCUT2D eigenvalue weighted by molar-refractivity contribution is 0.102. The third-order valence-corrected chi connectivity index (χ3v) is 2.83. The van der Waals surface area contributed by atoms with E-state index in [1.807, 2.05) is 0 Å². The topological polar surface area (TPSA) is 80.9 Å². The highest BCUT2D eigenvalue weighted by atomic mass is 35.5. The number of carbonyl (C=O) groups is 1. The Morgan fingerprint density at radius 3 is 2.53 bits per heavy atom. The van der Waals surface area contributed by atoms with Gasteiger partial charge in [0.2, 0.25) is 0 Å². The van der Waals surface area contributed by atoms with Gasteiger partial charge in [-0.05, 0) is 18.2 Å². The number of aromatic nitrogens is 2. The fraction of sp³-hybridized carbons (Fsp3) is 0. The van der Waals surface area contributed by atoms with E-state index in [-0.39, 0.29) is 27.2 Å². The molecule has 1 heterocycles. The van der Waals surface area contributed by atoms with Crippen LogP contribution in [0.5, 0.6) is 0 Å². The first kappa shape index (κ1) is 13.5. The number of benzene rings is 1. The zero-order valence-corrected chi connectivity index (χ0v) is 10.8. The van der Waals surface area contributed by atoms with Gasteiger partial charge in [-0.25, -0.2) is 14.4 Å². The number of nitrogens with one attached hydrogen (secondary N) is 1. The molecule has 5 nitrogen and oxygen atoms in total. The molecule has 98 valence electrons. The number of halogens is 3. The second-order valence-corrected chi connectivity index (χ2v) is 4.23. The number of nitrogens with zero attached hydrogens (tertiary/aromatic N) is 2. The van der Waals surface area contributed by atoms with Gasteiger partial charge in [-0.1, -0.05) is 23.2 Å². The van der Waals surface area contributed by atoms with Crippen molar-refractivity contribution < 1.29 is 9.18 Å². The van der Waals surface area contributed by atoms with Gasteiger partial charge in [-0.15, -0.1) is 0 Å². The molecule has 1 aromatic carbocycles. The molecule has 1 amide bonds. The third-order valence-electron chi connectivity index (χ3n) is 2.25. The Morgan fingerprint density at radius 2 is 1.89 bits per heavy atom. The normalized spacial score (nSPS) is 10.3. The van der Waals surface area contributed by atoms with E-state index in [1.165, 1.54) is 6.07 Å². The predicted molar refractivity (Wildman–Crippen MR) is 70.8 cm³/mol. The Morgan fingerprint density at radius 1 is 1.26 bits per heavy atom. The largest absolute Gasteiger partial charge is 0.398 e. The van der Waals surface area contributed by atoms with Crippen LogP contribution in [0.1, 0.15) is 10.4 Å². The molecule has 19 heavy (non-hydrogen) atoms. The Kier molecular flexibility index (Phi) is 3.82. The van der Waals surface area contributed by atoms with Crippen LogP contribution in [0.15, 0.2) is 24.5 Å². The van der Waals surface area contributed by atoms with E-state index in [4.69, 9.17) is 28.9 Å². The summed E-state index contributed by atoms with van der Waals surface area (Å²) in [4.78, 5) is 19.3. The van der Waals surface area contributed by atoms with Crippen molar-refractivity contribution in [1.82, 2.24) is 9.97 Å². The number of hydrogen-bond donors (Lipinski definition) is 2. The number of nitrogen functional groups attached to an aromatic ring is 1. The van der Waals surface area contributed by atoms with Crippen LogP contribution in [0, 0.1) is 5.82 Å². The number of nitrogens with two attached hydrogens (primary N) is 1. The van der Waals surface area contributed by atoms with Crippen LogP contribution in [0.25, 0.3) is 0 Å². The van der Waals surface area contributed by atoms with Crippen molar-refractivity contribution >= 4 is 40.5 Å². The highest BCUT2D eigenvalue weighted by molar-refractivity contribution is 6.38. The Hall–Kier alpha value is -1.92. The van der Waals surface area contributed by atoms with E-state index in [9.17, 15) is 9.18 Å². The van der Waals surface area contributed by atoms with Crippen molar-refractivity contribution in [2.24, 2.45) is 0 Å². The van der Waals surface area contributed by atoms with Gasteiger partial charge >= 0.3 is 0 Å². The molecule has 2 rings (SSSR count). The molecule has 0 saturated carbocycles. The van der Waals surface area contributed by atoms with Crippen molar-refractivity contribution in [3.05, 3.63) is 46.2 Å². The summed E-state index contributed by atoms with van der Waals surface area (Å²) in [5.74, 6) is -1.24. The van der Waals surface area contributed by atoms with Gasteiger partial charge in [0.05, 0.1) is 5.56 Å². The van der Waals surface area contributed by atoms with Crippen LogP contribution in [-0.4, -0.2) is 15.9 Å². The monoisotopic (exact) mass is 300 g/mol. The van der Waals surface area contributed by atoms with Crippen molar-refractivity contribution in [1.29, 1.82) is 0 Å². The molecule has 0 spiro atoms. The van der Waals surface area contributed by atoms with E-state index in [1.54, 1.807) is 0 Å². The summed E-state index contributed by atoms with van der Waals surface area (Å²) in [6, 6.07) is 3.45. The van der Waals surface area contributed by atoms with Crippen molar-refractivity contribution in [2.45, 2.75) is 0 Å². The van der Waals surface area contributed by atoms with E-state index in [0.29, 0.717) is 0 Å². The van der Waals surface area contributed by atoms with Crippen LogP contribution in [0.2, 0.25) is 10.3 Å². The Balaban J connectivity index is 2.34. The second-order valence-electron chi connectivity index (χ2n) is 3.52. The zero-order valence-electron chi connectivity index (χ0n) is 9.32. The fourth-order valence-corrected chi connectivity index (χ4v) is 1.76. The second kappa shape index (κ2) is 5.38. The van der Waals surface area contributed by atoms with Crippen molar-refractivity contribution in [2.75, 3.05) is 11.1 Å². The van der Waals surface area contributed by atoms with Gasteiger partial charge in [0.25, 0.3) is 5.91 Å². The number of rotatable bonds is 2. The molecule has 1 aromatic heterocycles. The number of hydrogen-bond acceptors (Lipinski definition) is 4. The molecular weight excluding hydrogens is 294 g/mol. The maximum absolute atomic E-state index is 13.1. The van der Waals surface area contributed by atoms with E-state index < -0.39 is 11.7 Å². The summed E-state index contributed by atoms with van der Waals surface area (Å²) < 4.78 is 13.1. The van der Waals surface area contributed by atoms with Gasteiger partial charge < -0.3 is 11.1 Å². The Labute approximate surface area is 117 Å². The molecule has 0 fully saturated rings. The SMILES string of the molecule is Nc1ccc(F)cc1C(=O)Nc1c(Cl)ncnc1Cl. The molecule has 0 radical (unpaired) electrons. The summed E-state index contributed by atoms with van der Waals surface area (Å²) in [7, 11) is 0. The van der Waals surface area contributed by atoms with Crippen LogP contribution < -0.4 is 11.1 Å². The van der Waals surface area contributed by atoms with Gasteiger partial charge in [-0.2, -0.15) is 0 Å². The van der Waals surface area contributed by atoms with Gasteiger partial charge in [0.15, 0.2) is 10.3 Å². The van der Waals surface area contributed by atoms with Gasteiger partial charge in [-0.3, -0.25) is 4.79 Å². The van der Waals surface area contributed by atoms with Crippen LogP contribution in [0.4, 0.5) is 15.8 Å². The maximum Gasteiger partial charge on any atom is 0.258 e. The quantitative estimate of drug-likeness (QED) is 0.660. The lowest BCUT2D eigenvalue weighted by atomic mass is 10.1. The summed E-state index contributed by atoms with van der Waals surface area (Å²) in [5, 5.41) is 2.34. The minimum absolute atomic E-state index is 0.0247. The molecule has 8 heteroatoms. The minimum atomic E-state index is -0.657. The zero-order chi connectivity index (χ0) is 14.0. The van der Waals surface area contributed by atoms with Crippen molar-refractivity contribution in [3.63, 3.8) is 0 Å². The standard InChI is InChI=1S/C11H7Cl2FN4O/c12-9-8(10(13)17-4-16-9)18-11(19)6-3-5(14)1-2-7(6)15/h1-4H,15H2,(H,18,19). The van der Waals surface area contributed by atoms with E-state index in [0.717, 1.165) is 18.5 Å². The predicted octanol–water partition coefficient (Wildman–Crippen LogP) is 2.76. The molecule has 0 aliphatic heterocycles. The molecule has 0 atom stereocenters. The van der Waals surface area contributed by atoms with Gasteiger partial charge in [0.1, 0.15) is 17.8 Å². The number of amides is 1. The average molecular weight is 301 g/mol. The molecule has 0 bridgehead atoms. The molecule has 0 saturated heterocycles. The third kappa shape index (κ3) is 2.91. The summed E-state index contributed by atoms with van der Waals surface area (Å²) >= 11 is 11.6. The molecule has 3 N–H and O–H groups in total.